The van der Waals surface area contributed by atoms with Gasteiger partial charge in [-0.2, -0.15) is 0 Å². The number of carbonyl (C=O) groups is 2. The van der Waals surface area contributed by atoms with E-state index in [9.17, 15) is 32.6 Å². The maximum absolute atomic E-state index is 13.6. The number of sulfone groups is 1. The van der Waals surface area contributed by atoms with Crippen LogP contribution < -0.4 is 4.90 Å². The van der Waals surface area contributed by atoms with Crippen molar-refractivity contribution in [2.75, 3.05) is 17.8 Å². The van der Waals surface area contributed by atoms with E-state index in [1.165, 1.54) is 43.3 Å². The number of aliphatic hydroxyl groups is 1. The van der Waals surface area contributed by atoms with Crippen LogP contribution in [-0.2, 0) is 19.4 Å². The first-order valence-electron chi connectivity index (χ1n) is 9.88. The molecule has 0 fully saturated rings. The van der Waals surface area contributed by atoms with E-state index in [-0.39, 0.29) is 10.6 Å². The summed E-state index contributed by atoms with van der Waals surface area (Å²) in [6.07, 6.45) is 1.09. The van der Waals surface area contributed by atoms with E-state index in [2.05, 4.69) is 0 Å². The standard InChI is InChI=1S/C23H23FN2O6S/c1-14-20(26(15(2)28)22(13-27)23(29)30)12-21(25(14)18-8-6-17(24)7-9-18)16-4-10-19(11-5-16)33(3,31)32/h4-12,22,27H,13H2,1-3H3,(H,29,30). The second-order valence-corrected chi connectivity index (χ2v) is 9.55. The summed E-state index contributed by atoms with van der Waals surface area (Å²) in [5.41, 5.74) is 2.36. The zero-order chi connectivity index (χ0) is 24.5. The van der Waals surface area contributed by atoms with Crippen LogP contribution in [0.25, 0.3) is 16.9 Å². The maximum atomic E-state index is 13.6. The highest BCUT2D eigenvalue weighted by molar-refractivity contribution is 7.90. The molecular formula is C23H23FN2O6S. The summed E-state index contributed by atoms with van der Waals surface area (Å²) in [4.78, 5) is 25.2. The molecule has 2 N–H and O–H groups in total. The zero-order valence-electron chi connectivity index (χ0n) is 18.2. The zero-order valence-corrected chi connectivity index (χ0v) is 19.0. The minimum atomic E-state index is -3.42. The van der Waals surface area contributed by atoms with Crippen molar-refractivity contribution in [1.82, 2.24) is 4.57 Å². The average Bonchev–Trinajstić information content (AvgIpc) is 3.08. The molecule has 3 aromatic rings. The normalized spacial score (nSPS) is 12.4. The monoisotopic (exact) mass is 474 g/mol. The van der Waals surface area contributed by atoms with E-state index in [0.29, 0.717) is 22.6 Å². The molecule has 1 aromatic heterocycles. The van der Waals surface area contributed by atoms with E-state index in [4.69, 9.17) is 0 Å². The van der Waals surface area contributed by atoms with Gasteiger partial charge in [0, 0.05) is 24.6 Å². The van der Waals surface area contributed by atoms with Crippen molar-refractivity contribution in [3.63, 3.8) is 0 Å². The molecular weight excluding hydrogens is 451 g/mol. The van der Waals surface area contributed by atoms with Crippen molar-refractivity contribution in [3.05, 3.63) is 66.1 Å². The maximum Gasteiger partial charge on any atom is 0.329 e. The lowest BCUT2D eigenvalue weighted by Crippen LogP contribution is -2.46. The number of aromatic nitrogens is 1. The molecule has 1 amide bonds. The first-order chi connectivity index (χ1) is 15.5. The molecule has 0 bridgehead atoms. The van der Waals surface area contributed by atoms with Crippen molar-refractivity contribution in [3.8, 4) is 16.9 Å². The van der Waals surface area contributed by atoms with Gasteiger partial charge in [-0.3, -0.25) is 9.69 Å². The van der Waals surface area contributed by atoms with Gasteiger partial charge in [-0.05, 0) is 55.0 Å². The summed E-state index contributed by atoms with van der Waals surface area (Å²) in [5.74, 6) is -2.41. The van der Waals surface area contributed by atoms with Crippen LogP contribution in [0.15, 0.2) is 59.5 Å². The van der Waals surface area contributed by atoms with Crippen LogP contribution in [0.4, 0.5) is 10.1 Å². The van der Waals surface area contributed by atoms with Crippen LogP contribution in [0.1, 0.15) is 12.6 Å². The molecule has 8 nitrogen and oxygen atoms in total. The molecule has 10 heteroatoms. The minimum Gasteiger partial charge on any atom is -0.480 e. The average molecular weight is 475 g/mol. The summed E-state index contributed by atoms with van der Waals surface area (Å²) in [5, 5.41) is 19.2. The number of aliphatic hydroxyl groups excluding tert-OH is 1. The predicted molar refractivity (Wildman–Crippen MR) is 121 cm³/mol. The second kappa shape index (κ2) is 9.16. The van der Waals surface area contributed by atoms with Crippen LogP contribution in [0.2, 0.25) is 0 Å². The number of hydrogen-bond donors (Lipinski definition) is 2. The summed E-state index contributed by atoms with van der Waals surface area (Å²) in [6.45, 7) is 2.06. The molecule has 0 aliphatic carbocycles. The van der Waals surface area contributed by atoms with Crippen LogP contribution >= 0.6 is 0 Å². The summed E-state index contributed by atoms with van der Waals surface area (Å²) >= 11 is 0. The number of carboxylic acids is 1. The Labute approximate surface area is 190 Å². The molecule has 0 aliphatic rings. The fourth-order valence-corrected chi connectivity index (χ4v) is 4.30. The molecule has 174 valence electrons. The number of halogens is 1. The van der Waals surface area contributed by atoms with Crippen LogP contribution in [0.5, 0.6) is 0 Å². The highest BCUT2D eigenvalue weighted by Crippen LogP contribution is 2.36. The molecule has 0 aliphatic heterocycles. The third-order valence-electron chi connectivity index (χ3n) is 5.25. The fraction of sp³-hybridized carbons (Fsp3) is 0.217. The number of hydrogen-bond acceptors (Lipinski definition) is 5. The second-order valence-electron chi connectivity index (χ2n) is 7.53. The largest absolute Gasteiger partial charge is 0.480 e. The third-order valence-corrected chi connectivity index (χ3v) is 6.38. The van der Waals surface area contributed by atoms with Crippen LogP contribution in [0.3, 0.4) is 0 Å². The Morgan fingerprint density at radius 3 is 2.12 bits per heavy atom. The number of aliphatic carboxylic acids is 1. The number of carbonyl (C=O) groups excluding carboxylic acids is 1. The number of anilines is 1. The number of carboxylic acid groups (broad SMARTS) is 1. The van der Waals surface area contributed by atoms with E-state index >= 15 is 0 Å². The van der Waals surface area contributed by atoms with Crippen LogP contribution in [0, 0.1) is 12.7 Å². The smallest absolute Gasteiger partial charge is 0.329 e. The Hall–Kier alpha value is -3.50. The van der Waals surface area contributed by atoms with Crippen molar-refractivity contribution in [2.24, 2.45) is 0 Å². The molecule has 0 saturated carbocycles. The highest BCUT2D eigenvalue weighted by atomic mass is 32.2. The van der Waals surface area contributed by atoms with Gasteiger partial charge in [-0.1, -0.05) is 12.1 Å². The lowest BCUT2D eigenvalue weighted by atomic mass is 10.1. The first-order valence-corrected chi connectivity index (χ1v) is 11.8. The quantitative estimate of drug-likeness (QED) is 0.544. The minimum absolute atomic E-state index is 0.125. The lowest BCUT2D eigenvalue weighted by molar-refractivity contribution is -0.141. The molecule has 1 atom stereocenters. The van der Waals surface area contributed by atoms with E-state index in [1.807, 2.05) is 0 Å². The molecule has 0 radical (unpaired) electrons. The third kappa shape index (κ3) is 4.81. The Kier molecular flexibility index (Phi) is 6.71. The molecule has 2 aromatic carbocycles. The highest BCUT2D eigenvalue weighted by Gasteiger charge is 2.32. The molecule has 0 spiro atoms. The predicted octanol–water partition coefficient (Wildman–Crippen LogP) is 2.79. The molecule has 1 heterocycles. The van der Waals surface area contributed by atoms with Gasteiger partial charge in [0.15, 0.2) is 15.9 Å². The Balaban J connectivity index is 2.29. The first kappa shape index (κ1) is 24.1. The van der Waals surface area contributed by atoms with E-state index in [1.54, 1.807) is 29.7 Å². The number of amides is 1. The molecule has 3 rings (SSSR count). The van der Waals surface area contributed by atoms with Crippen molar-refractivity contribution in [1.29, 1.82) is 0 Å². The lowest BCUT2D eigenvalue weighted by Gasteiger charge is -2.26. The van der Waals surface area contributed by atoms with E-state index < -0.39 is 40.2 Å². The Morgan fingerprint density at radius 1 is 1.09 bits per heavy atom. The van der Waals surface area contributed by atoms with Gasteiger partial charge in [0.1, 0.15) is 5.82 Å². The van der Waals surface area contributed by atoms with Crippen molar-refractivity contribution in [2.45, 2.75) is 24.8 Å². The topological polar surface area (TPSA) is 117 Å². The van der Waals surface area contributed by atoms with Gasteiger partial charge in [-0.15, -0.1) is 0 Å². The number of benzene rings is 2. The van der Waals surface area contributed by atoms with Gasteiger partial charge < -0.3 is 14.8 Å². The van der Waals surface area contributed by atoms with Gasteiger partial charge in [-0.25, -0.2) is 17.6 Å². The number of rotatable bonds is 7. The van der Waals surface area contributed by atoms with Gasteiger partial charge in [0.2, 0.25) is 5.91 Å². The van der Waals surface area contributed by atoms with Crippen molar-refractivity contribution >= 4 is 27.4 Å². The van der Waals surface area contributed by atoms with Gasteiger partial charge in [0.05, 0.1) is 22.9 Å². The summed E-state index contributed by atoms with van der Waals surface area (Å²) in [6, 6.07) is 11.7. The SMILES string of the molecule is CC(=O)N(c1cc(-c2ccc(S(C)(=O)=O)cc2)n(-c2ccc(F)cc2)c1C)C(CO)C(=O)O. The van der Waals surface area contributed by atoms with Crippen molar-refractivity contribution < 1.29 is 32.6 Å². The molecule has 33 heavy (non-hydrogen) atoms. The molecule has 0 saturated heterocycles. The number of nitrogens with zero attached hydrogens (tertiary/aromatic N) is 2. The van der Waals surface area contributed by atoms with E-state index in [0.717, 1.165) is 11.2 Å². The summed E-state index contributed by atoms with van der Waals surface area (Å²) < 4.78 is 38.9. The Morgan fingerprint density at radius 2 is 1.67 bits per heavy atom. The Bertz CT molecular complexity index is 1300. The fourth-order valence-electron chi connectivity index (χ4n) is 3.67. The molecule has 1 unspecified atom stereocenters. The van der Waals surface area contributed by atoms with Gasteiger partial charge in [0.25, 0.3) is 0 Å². The van der Waals surface area contributed by atoms with Crippen LogP contribution in [-0.4, -0.2) is 54.0 Å². The summed E-state index contributed by atoms with van der Waals surface area (Å²) in [7, 11) is -3.42. The van der Waals surface area contributed by atoms with Gasteiger partial charge >= 0.3 is 5.97 Å².